The van der Waals surface area contributed by atoms with Gasteiger partial charge in [-0.15, -0.1) is 0 Å². The molecule has 2 atom stereocenters. The van der Waals surface area contributed by atoms with Crippen molar-refractivity contribution in [1.82, 2.24) is 0 Å². The molecule has 0 aromatic heterocycles. The highest BCUT2D eigenvalue weighted by Crippen LogP contribution is 2.08. The highest BCUT2D eigenvalue weighted by atomic mass is 16.5. The van der Waals surface area contributed by atoms with Crippen molar-refractivity contribution in [2.45, 2.75) is 13.0 Å². The van der Waals surface area contributed by atoms with Gasteiger partial charge in [-0.25, -0.2) is 0 Å². The van der Waals surface area contributed by atoms with E-state index in [9.17, 15) is 0 Å². The van der Waals surface area contributed by atoms with Crippen molar-refractivity contribution in [1.29, 1.82) is 0 Å². The molecule has 0 aliphatic carbocycles. The summed E-state index contributed by atoms with van der Waals surface area (Å²) >= 11 is 0. The first-order chi connectivity index (χ1) is 3.30. The largest absolute Gasteiger partial charge is 0.379 e. The Balaban J connectivity index is 2.33. The van der Waals surface area contributed by atoms with Gasteiger partial charge >= 0.3 is 0 Å². The molecule has 2 nitrogen and oxygen atoms in total. The van der Waals surface area contributed by atoms with Crippen molar-refractivity contribution >= 4 is 0 Å². The van der Waals surface area contributed by atoms with Crippen molar-refractivity contribution in [3.05, 3.63) is 0 Å². The van der Waals surface area contributed by atoms with Crippen molar-refractivity contribution < 1.29 is 4.74 Å². The molecule has 0 aromatic carbocycles. The van der Waals surface area contributed by atoms with Gasteiger partial charge in [0.2, 0.25) is 0 Å². The molecular formula is C5H11NO. The second-order valence-electron chi connectivity index (χ2n) is 2.18. The van der Waals surface area contributed by atoms with Crippen LogP contribution in [0.25, 0.3) is 0 Å². The maximum atomic E-state index is 5.55. The van der Waals surface area contributed by atoms with Crippen LogP contribution in [0.15, 0.2) is 0 Å². The number of nitrogens with two attached hydrogens (primary N) is 1. The van der Waals surface area contributed by atoms with E-state index in [2.05, 4.69) is 6.92 Å². The Morgan fingerprint density at radius 1 is 1.57 bits per heavy atom. The summed E-state index contributed by atoms with van der Waals surface area (Å²) in [6, 6.07) is 0.292. The average molecular weight is 101 g/mol. The van der Waals surface area contributed by atoms with Crippen LogP contribution in [-0.2, 0) is 4.74 Å². The molecule has 42 valence electrons. The number of hydrogen-bond donors (Lipinski definition) is 1. The molecule has 0 amide bonds. The molecule has 0 aromatic rings. The van der Waals surface area contributed by atoms with E-state index in [-0.39, 0.29) is 0 Å². The second kappa shape index (κ2) is 1.80. The van der Waals surface area contributed by atoms with E-state index in [1.54, 1.807) is 0 Å². The number of ether oxygens (including phenoxy) is 1. The monoisotopic (exact) mass is 101 g/mol. The maximum absolute atomic E-state index is 5.55. The first kappa shape index (κ1) is 5.06. The predicted molar refractivity (Wildman–Crippen MR) is 28.0 cm³/mol. The minimum atomic E-state index is 0.292. The molecule has 1 fully saturated rings. The zero-order valence-corrected chi connectivity index (χ0v) is 4.55. The van der Waals surface area contributed by atoms with E-state index in [1.165, 1.54) is 0 Å². The summed E-state index contributed by atoms with van der Waals surface area (Å²) in [5, 5.41) is 0. The fraction of sp³-hybridized carbons (Fsp3) is 1.00. The quantitative estimate of drug-likeness (QED) is 0.465. The lowest BCUT2D eigenvalue weighted by atomic mass is 10.1. The van der Waals surface area contributed by atoms with Gasteiger partial charge in [0, 0.05) is 6.04 Å². The molecule has 0 spiro atoms. The van der Waals surface area contributed by atoms with Crippen LogP contribution in [-0.4, -0.2) is 19.3 Å². The van der Waals surface area contributed by atoms with Gasteiger partial charge in [-0.1, -0.05) is 6.92 Å². The standard InChI is InChI=1S/C5H11NO/c1-4-2-7-3-5(4)6/h4-5H,2-3,6H2,1H3/t4-,5-/m0/s1. The average Bonchev–Trinajstić information content (AvgIpc) is 1.91. The van der Waals surface area contributed by atoms with Crippen molar-refractivity contribution in [3.63, 3.8) is 0 Å². The van der Waals surface area contributed by atoms with Gasteiger partial charge in [0.05, 0.1) is 13.2 Å². The molecule has 1 saturated heterocycles. The van der Waals surface area contributed by atoms with Crippen LogP contribution in [0.3, 0.4) is 0 Å². The van der Waals surface area contributed by atoms with E-state index < -0.39 is 0 Å². The van der Waals surface area contributed by atoms with E-state index in [1.807, 2.05) is 0 Å². The Kier molecular flexibility index (Phi) is 1.30. The molecule has 2 heteroatoms. The van der Waals surface area contributed by atoms with Crippen LogP contribution in [0.1, 0.15) is 6.92 Å². The summed E-state index contributed by atoms with van der Waals surface area (Å²) in [4.78, 5) is 0. The molecule has 0 unspecified atom stereocenters. The van der Waals surface area contributed by atoms with Crippen LogP contribution >= 0.6 is 0 Å². The number of rotatable bonds is 0. The fourth-order valence-corrected chi connectivity index (χ4v) is 0.678. The highest BCUT2D eigenvalue weighted by Gasteiger charge is 2.18. The van der Waals surface area contributed by atoms with E-state index in [0.717, 1.165) is 13.2 Å². The van der Waals surface area contributed by atoms with E-state index >= 15 is 0 Å². The van der Waals surface area contributed by atoms with Gasteiger partial charge in [-0.3, -0.25) is 0 Å². The third-order valence-electron chi connectivity index (χ3n) is 1.42. The summed E-state index contributed by atoms with van der Waals surface area (Å²) in [5.74, 6) is 0.569. The Morgan fingerprint density at radius 3 is 2.43 bits per heavy atom. The summed E-state index contributed by atoms with van der Waals surface area (Å²) in [5.41, 5.74) is 5.55. The van der Waals surface area contributed by atoms with Crippen LogP contribution in [0.5, 0.6) is 0 Å². The van der Waals surface area contributed by atoms with Crippen LogP contribution in [0, 0.1) is 5.92 Å². The van der Waals surface area contributed by atoms with Gasteiger partial charge < -0.3 is 10.5 Å². The van der Waals surface area contributed by atoms with Crippen LogP contribution in [0.2, 0.25) is 0 Å². The zero-order chi connectivity index (χ0) is 5.28. The lowest BCUT2D eigenvalue weighted by Gasteiger charge is -2.02. The van der Waals surface area contributed by atoms with Gasteiger partial charge in [0.1, 0.15) is 0 Å². The summed E-state index contributed by atoms with van der Waals surface area (Å²) < 4.78 is 5.04. The summed E-state index contributed by atoms with van der Waals surface area (Å²) in [7, 11) is 0. The molecule has 7 heavy (non-hydrogen) atoms. The van der Waals surface area contributed by atoms with E-state index in [4.69, 9.17) is 10.5 Å². The molecule has 2 N–H and O–H groups in total. The molecule has 0 saturated carbocycles. The molecule has 1 aliphatic rings. The van der Waals surface area contributed by atoms with Crippen LogP contribution in [0.4, 0.5) is 0 Å². The molecular weight excluding hydrogens is 90.1 g/mol. The van der Waals surface area contributed by atoms with Gasteiger partial charge in [0.25, 0.3) is 0 Å². The molecule has 1 heterocycles. The summed E-state index contributed by atoms with van der Waals surface area (Å²) in [6.45, 7) is 3.71. The predicted octanol–water partition coefficient (Wildman–Crippen LogP) is -0.0200. The smallest absolute Gasteiger partial charge is 0.0621 e. The second-order valence-corrected chi connectivity index (χ2v) is 2.18. The summed E-state index contributed by atoms with van der Waals surface area (Å²) in [6.07, 6.45) is 0. The Hall–Kier alpha value is -0.0800. The van der Waals surface area contributed by atoms with Crippen molar-refractivity contribution in [3.8, 4) is 0 Å². The van der Waals surface area contributed by atoms with Crippen LogP contribution < -0.4 is 5.73 Å². The molecule has 1 rings (SSSR count). The highest BCUT2D eigenvalue weighted by molar-refractivity contribution is 4.73. The third-order valence-corrected chi connectivity index (χ3v) is 1.42. The van der Waals surface area contributed by atoms with Crippen molar-refractivity contribution in [2.75, 3.05) is 13.2 Å². The van der Waals surface area contributed by atoms with Gasteiger partial charge in [-0.2, -0.15) is 0 Å². The SMILES string of the molecule is C[C@H]1COC[C@@H]1N. The Labute approximate surface area is 43.6 Å². The molecule has 1 aliphatic heterocycles. The topological polar surface area (TPSA) is 35.2 Å². The molecule has 0 radical (unpaired) electrons. The van der Waals surface area contributed by atoms with E-state index in [0.29, 0.717) is 12.0 Å². The lowest BCUT2D eigenvalue weighted by molar-refractivity contribution is 0.186. The number of hydrogen-bond acceptors (Lipinski definition) is 2. The minimum Gasteiger partial charge on any atom is -0.379 e. The molecule has 0 bridgehead atoms. The third kappa shape index (κ3) is 0.924. The lowest BCUT2D eigenvalue weighted by Crippen LogP contribution is -2.25. The normalized spacial score (nSPS) is 42.0. The first-order valence-corrected chi connectivity index (χ1v) is 2.64. The zero-order valence-electron chi connectivity index (χ0n) is 4.55. The Bertz CT molecular complexity index is 57.1. The van der Waals surface area contributed by atoms with Crippen molar-refractivity contribution in [2.24, 2.45) is 11.7 Å². The minimum absolute atomic E-state index is 0.292. The van der Waals surface area contributed by atoms with Gasteiger partial charge in [0.15, 0.2) is 0 Å². The maximum Gasteiger partial charge on any atom is 0.0621 e. The Morgan fingerprint density at radius 2 is 2.29 bits per heavy atom. The fourth-order valence-electron chi connectivity index (χ4n) is 0.678. The van der Waals surface area contributed by atoms with Gasteiger partial charge in [-0.05, 0) is 5.92 Å². The first-order valence-electron chi connectivity index (χ1n) is 2.64.